The minimum absolute atomic E-state index is 0.150. The van der Waals surface area contributed by atoms with E-state index in [0.717, 1.165) is 10.9 Å². The van der Waals surface area contributed by atoms with Gasteiger partial charge in [0, 0.05) is 17.0 Å². The molecular formula is C13H14N2O4. The fourth-order valence-corrected chi connectivity index (χ4v) is 1.67. The Hall–Kier alpha value is -2.50. The molecular weight excluding hydrogens is 248 g/mol. The summed E-state index contributed by atoms with van der Waals surface area (Å²) in [6, 6.07) is 6.84. The molecule has 0 saturated heterocycles. The summed E-state index contributed by atoms with van der Waals surface area (Å²) in [7, 11) is 0. The van der Waals surface area contributed by atoms with Gasteiger partial charge in [0.15, 0.2) is 6.61 Å². The topological polar surface area (TPSA) is 94.4 Å². The van der Waals surface area contributed by atoms with Crippen LogP contribution in [0.2, 0.25) is 0 Å². The van der Waals surface area contributed by atoms with Gasteiger partial charge in [-0.25, -0.2) is 4.79 Å². The van der Waals surface area contributed by atoms with Gasteiger partial charge < -0.3 is 20.2 Å². The lowest BCUT2D eigenvalue weighted by molar-refractivity contribution is -0.145. The van der Waals surface area contributed by atoms with Crippen molar-refractivity contribution < 1.29 is 19.1 Å². The van der Waals surface area contributed by atoms with Crippen LogP contribution in [0, 0.1) is 0 Å². The second-order valence-corrected chi connectivity index (χ2v) is 3.89. The van der Waals surface area contributed by atoms with Crippen molar-refractivity contribution in [1.82, 2.24) is 4.98 Å². The summed E-state index contributed by atoms with van der Waals surface area (Å²) in [5.74, 6) is -0.435. The van der Waals surface area contributed by atoms with E-state index in [1.165, 1.54) is 0 Å². The maximum atomic E-state index is 11.2. The Morgan fingerprint density at radius 1 is 1.32 bits per heavy atom. The molecule has 0 bridgehead atoms. The molecule has 3 N–H and O–H groups in total. The van der Waals surface area contributed by atoms with E-state index in [1.54, 1.807) is 31.2 Å². The molecule has 1 heterocycles. The average Bonchev–Trinajstić information content (AvgIpc) is 2.80. The van der Waals surface area contributed by atoms with Crippen molar-refractivity contribution in [3.8, 4) is 5.75 Å². The first-order valence-electron chi connectivity index (χ1n) is 5.81. The molecule has 0 fully saturated rings. The summed E-state index contributed by atoms with van der Waals surface area (Å²) in [6.45, 7) is 1.90. The Bertz CT molecular complexity index is 618. The smallest absolute Gasteiger partial charge is 0.344 e. The molecule has 1 amide bonds. The standard InChI is InChI=1S/C13H14N2O4/c1-2-18-12(16)7-19-9-4-3-8-5-11(13(14)17)15-10(8)6-9/h3-6,15H,2,7H2,1H3,(H2,14,17). The number of nitrogens with one attached hydrogen (secondary N) is 1. The van der Waals surface area contributed by atoms with Crippen molar-refractivity contribution in [2.75, 3.05) is 13.2 Å². The third-order valence-corrected chi connectivity index (χ3v) is 2.52. The van der Waals surface area contributed by atoms with Crippen LogP contribution in [0.4, 0.5) is 0 Å². The van der Waals surface area contributed by atoms with Crippen molar-refractivity contribution in [2.45, 2.75) is 6.92 Å². The lowest BCUT2D eigenvalue weighted by atomic mass is 10.2. The number of hydrogen-bond donors (Lipinski definition) is 2. The number of nitrogens with two attached hydrogens (primary N) is 1. The van der Waals surface area contributed by atoms with Crippen molar-refractivity contribution >= 4 is 22.8 Å². The largest absolute Gasteiger partial charge is 0.482 e. The number of carbonyl (C=O) groups is 2. The van der Waals surface area contributed by atoms with E-state index in [4.69, 9.17) is 15.2 Å². The first-order chi connectivity index (χ1) is 9.10. The molecule has 6 nitrogen and oxygen atoms in total. The highest BCUT2D eigenvalue weighted by atomic mass is 16.6. The number of carbonyl (C=O) groups excluding carboxylic acids is 2. The van der Waals surface area contributed by atoms with Crippen LogP contribution in [-0.4, -0.2) is 30.1 Å². The fraction of sp³-hybridized carbons (Fsp3) is 0.231. The van der Waals surface area contributed by atoms with Gasteiger partial charge in [0.1, 0.15) is 11.4 Å². The molecule has 0 radical (unpaired) electrons. The molecule has 6 heteroatoms. The van der Waals surface area contributed by atoms with Crippen LogP contribution in [0.25, 0.3) is 10.9 Å². The van der Waals surface area contributed by atoms with Crippen LogP contribution in [0.1, 0.15) is 17.4 Å². The molecule has 1 aromatic heterocycles. The predicted molar refractivity (Wildman–Crippen MR) is 68.9 cm³/mol. The molecule has 1 aromatic carbocycles. The van der Waals surface area contributed by atoms with Crippen LogP contribution < -0.4 is 10.5 Å². The Balaban J connectivity index is 2.12. The zero-order valence-electron chi connectivity index (χ0n) is 10.4. The van der Waals surface area contributed by atoms with Gasteiger partial charge in [0.2, 0.25) is 0 Å². The monoisotopic (exact) mass is 262 g/mol. The summed E-state index contributed by atoms with van der Waals surface area (Å²) in [5, 5.41) is 0.845. The van der Waals surface area contributed by atoms with Crippen LogP contribution in [0.15, 0.2) is 24.3 Å². The summed E-state index contributed by atoms with van der Waals surface area (Å²) in [4.78, 5) is 25.1. The highest BCUT2D eigenvalue weighted by Gasteiger charge is 2.07. The minimum atomic E-state index is -0.523. The molecule has 100 valence electrons. The Labute approximate surface area is 109 Å². The van der Waals surface area contributed by atoms with Gasteiger partial charge in [-0.05, 0) is 25.1 Å². The molecule has 2 aromatic rings. The number of hydrogen-bond acceptors (Lipinski definition) is 4. The third-order valence-electron chi connectivity index (χ3n) is 2.52. The number of esters is 1. The number of benzene rings is 1. The Morgan fingerprint density at radius 2 is 2.11 bits per heavy atom. The van der Waals surface area contributed by atoms with E-state index in [9.17, 15) is 9.59 Å². The number of rotatable bonds is 5. The highest BCUT2D eigenvalue weighted by Crippen LogP contribution is 2.21. The molecule has 2 rings (SSSR count). The summed E-state index contributed by atoms with van der Waals surface area (Å²) in [5.41, 5.74) is 6.23. The quantitative estimate of drug-likeness (QED) is 0.792. The van der Waals surface area contributed by atoms with Gasteiger partial charge in [0.25, 0.3) is 5.91 Å². The summed E-state index contributed by atoms with van der Waals surface area (Å²) >= 11 is 0. The van der Waals surface area contributed by atoms with Crippen molar-refractivity contribution in [1.29, 1.82) is 0 Å². The zero-order valence-corrected chi connectivity index (χ0v) is 10.4. The number of amides is 1. The van der Waals surface area contributed by atoms with E-state index in [1.807, 2.05) is 0 Å². The molecule has 0 aliphatic rings. The van der Waals surface area contributed by atoms with Gasteiger partial charge in [-0.1, -0.05) is 0 Å². The number of aromatic nitrogens is 1. The molecule has 0 atom stereocenters. The van der Waals surface area contributed by atoms with Crippen LogP contribution in [0.5, 0.6) is 5.75 Å². The second kappa shape index (κ2) is 5.43. The van der Waals surface area contributed by atoms with E-state index in [-0.39, 0.29) is 6.61 Å². The van der Waals surface area contributed by atoms with Crippen LogP contribution in [-0.2, 0) is 9.53 Å². The summed E-state index contributed by atoms with van der Waals surface area (Å²) in [6.07, 6.45) is 0. The maximum Gasteiger partial charge on any atom is 0.344 e. The van der Waals surface area contributed by atoms with Gasteiger partial charge in [-0.15, -0.1) is 0 Å². The Morgan fingerprint density at radius 3 is 2.79 bits per heavy atom. The normalized spacial score (nSPS) is 10.4. The second-order valence-electron chi connectivity index (χ2n) is 3.89. The highest BCUT2D eigenvalue weighted by molar-refractivity contribution is 5.97. The minimum Gasteiger partial charge on any atom is -0.482 e. The van der Waals surface area contributed by atoms with Gasteiger partial charge in [0.05, 0.1) is 6.61 Å². The lowest BCUT2D eigenvalue weighted by Gasteiger charge is -2.05. The van der Waals surface area contributed by atoms with Crippen molar-refractivity contribution in [3.05, 3.63) is 30.0 Å². The van der Waals surface area contributed by atoms with Gasteiger partial charge >= 0.3 is 5.97 Å². The third kappa shape index (κ3) is 3.04. The van der Waals surface area contributed by atoms with E-state index >= 15 is 0 Å². The molecule has 0 aliphatic carbocycles. The zero-order chi connectivity index (χ0) is 13.8. The van der Waals surface area contributed by atoms with Crippen LogP contribution >= 0.6 is 0 Å². The molecule has 0 spiro atoms. The molecule has 19 heavy (non-hydrogen) atoms. The van der Waals surface area contributed by atoms with Crippen molar-refractivity contribution in [2.24, 2.45) is 5.73 Å². The first kappa shape index (κ1) is 12.9. The predicted octanol–water partition coefficient (Wildman–Crippen LogP) is 1.21. The molecule has 0 unspecified atom stereocenters. The SMILES string of the molecule is CCOC(=O)COc1ccc2cc(C(N)=O)[nH]c2c1. The lowest BCUT2D eigenvalue weighted by Crippen LogP contribution is -2.14. The van der Waals surface area contributed by atoms with E-state index in [2.05, 4.69) is 4.98 Å². The van der Waals surface area contributed by atoms with Crippen LogP contribution in [0.3, 0.4) is 0 Å². The average molecular weight is 262 g/mol. The fourth-order valence-electron chi connectivity index (χ4n) is 1.67. The maximum absolute atomic E-state index is 11.2. The number of ether oxygens (including phenoxy) is 2. The van der Waals surface area contributed by atoms with Crippen molar-refractivity contribution in [3.63, 3.8) is 0 Å². The molecule has 0 saturated carbocycles. The van der Waals surface area contributed by atoms with E-state index in [0.29, 0.717) is 18.1 Å². The van der Waals surface area contributed by atoms with Gasteiger partial charge in [-0.3, -0.25) is 4.79 Å². The number of aromatic amines is 1. The first-order valence-corrected chi connectivity index (χ1v) is 5.81. The van der Waals surface area contributed by atoms with E-state index < -0.39 is 11.9 Å². The molecule has 0 aliphatic heterocycles. The summed E-state index contributed by atoms with van der Waals surface area (Å²) < 4.78 is 10.0. The number of H-pyrrole nitrogens is 1. The number of primary amides is 1. The van der Waals surface area contributed by atoms with Gasteiger partial charge in [-0.2, -0.15) is 0 Å². The Kier molecular flexibility index (Phi) is 3.70. The number of fused-ring (bicyclic) bond motifs is 1.